The van der Waals surface area contributed by atoms with Crippen LogP contribution in [0.5, 0.6) is 0 Å². The highest BCUT2D eigenvalue weighted by molar-refractivity contribution is 4.70. The first-order valence-corrected chi connectivity index (χ1v) is 3.97. The Labute approximate surface area is 61.1 Å². The van der Waals surface area contributed by atoms with Crippen molar-refractivity contribution in [2.45, 2.75) is 44.6 Å². The molecule has 0 aromatic rings. The predicted molar refractivity (Wildman–Crippen MR) is 40.6 cm³/mol. The maximum Gasteiger partial charge on any atom is 0.0374 e. The summed E-state index contributed by atoms with van der Waals surface area (Å²) in [6, 6.07) is 0.299. The van der Waals surface area contributed by atoms with Crippen LogP contribution in [-0.2, 0) is 0 Å². The van der Waals surface area contributed by atoms with Gasteiger partial charge in [-0.05, 0) is 18.4 Å². The minimum atomic E-state index is 0.299. The molecule has 10 heavy (non-hydrogen) atoms. The molecule has 0 aromatic carbocycles. The zero-order chi connectivity index (χ0) is 7.23. The Morgan fingerprint density at radius 3 is 2.20 bits per heavy atom. The van der Waals surface area contributed by atoms with Crippen LogP contribution in [-0.4, -0.2) is 6.04 Å². The third-order valence-electron chi connectivity index (χ3n) is 2.04. The van der Waals surface area contributed by atoms with E-state index in [0.29, 0.717) is 6.04 Å². The maximum absolute atomic E-state index is 8.17. The Balaban J connectivity index is 2.34. The molecule has 1 rings (SSSR count). The van der Waals surface area contributed by atoms with Crippen LogP contribution in [0.4, 0.5) is 0 Å². The summed E-state index contributed by atoms with van der Waals surface area (Å²) in [7, 11) is 0. The molecule has 1 saturated carbocycles. The first-order chi connectivity index (χ1) is 4.93. The van der Waals surface area contributed by atoms with Crippen LogP contribution in [0, 0.1) is 0 Å². The summed E-state index contributed by atoms with van der Waals surface area (Å²) in [4.78, 5) is 2.83. The molecule has 0 radical (unpaired) electrons. The van der Waals surface area contributed by atoms with Gasteiger partial charge in [0.1, 0.15) is 0 Å². The zero-order valence-electron chi connectivity index (χ0n) is 6.16. The van der Waals surface area contributed by atoms with Crippen molar-refractivity contribution in [1.29, 1.82) is 0 Å². The van der Waals surface area contributed by atoms with Crippen molar-refractivity contribution in [3.05, 3.63) is 10.4 Å². The largest absolute Gasteiger partial charge is 0.0906 e. The molecule has 0 amide bonds. The van der Waals surface area contributed by atoms with E-state index < -0.39 is 0 Å². The van der Waals surface area contributed by atoms with Gasteiger partial charge >= 0.3 is 0 Å². The fourth-order valence-electron chi connectivity index (χ4n) is 1.45. The third-order valence-corrected chi connectivity index (χ3v) is 2.04. The lowest BCUT2D eigenvalue weighted by Gasteiger charge is -2.03. The predicted octanol–water partition coefficient (Wildman–Crippen LogP) is 3.02. The molecule has 0 saturated heterocycles. The second-order valence-electron chi connectivity index (χ2n) is 2.85. The van der Waals surface area contributed by atoms with Gasteiger partial charge in [-0.25, -0.2) is 0 Å². The van der Waals surface area contributed by atoms with Gasteiger partial charge in [-0.15, -0.1) is 0 Å². The van der Waals surface area contributed by atoms with Gasteiger partial charge in [0.25, 0.3) is 0 Å². The van der Waals surface area contributed by atoms with Crippen LogP contribution in [0.2, 0.25) is 0 Å². The summed E-state index contributed by atoms with van der Waals surface area (Å²) in [6.07, 6.45) is 7.32. The molecular weight excluding hydrogens is 126 g/mol. The van der Waals surface area contributed by atoms with E-state index in [0.717, 1.165) is 12.8 Å². The standard InChI is InChI=1S/C7H13N3/c8-10-9-7-5-3-1-2-4-6-7/h7H,1-6H2. The third kappa shape index (κ3) is 2.28. The first-order valence-electron chi connectivity index (χ1n) is 3.97. The van der Waals surface area contributed by atoms with Gasteiger partial charge in [0.15, 0.2) is 0 Å². The van der Waals surface area contributed by atoms with Gasteiger partial charge < -0.3 is 0 Å². The summed E-state index contributed by atoms with van der Waals surface area (Å²) in [5, 5.41) is 3.72. The number of rotatable bonds is 1. The Kier molecular flexibility index (Phi) is 3.10. The smallest absolute Gasteiger partial charge is 0.0374 e. The molecule has 1 aliphatic rings. The second kappa shape index (κ2) is 4.18. The van der Waals surface area contributed by atoms with E-state index in [-0.39, 0.29) is 0 Å². The fraction of sp³-hybridized carbons (Fsp3) is 1.00. The summed E-state index contributed by atoms with van der Waals surface area (Å²) >= 11 is 0. The molecule has 0 atom stereocenters. The number of nitrogens with zero attached hydrogens (tertiary/aromatic N) is 3. The molecule has 3 nitrogen and oxygen atoms in total. The highest BCUT2D eigenvalue weighted by Gasteiger charge is 2.08. The van der Waals surface area contributed by atoms with E-state index >= 15 is 0 Å². The topological polar surface area (TPSA) is 48.8 Å². The van der Waals surface area contributed by atoms with E-state index in [2.05, 4.69) is 10.0 Å². The normalized spacial score (nSPS) is 21.2. The monoisotopic (exact) mass is 139 g/mol. The molecule has 0 aliphatic heterocycles. The second-order valence-corrected chi connectivity index (χ2v) is 2.85. The van der Waals surface area contributed by atoms with Crippen molar-refractivity contribution in [3.63, 3.8) is 0 Å². The summed E-state index contributed by atoms with van der Waals surface area (Å²) in [6.45, 7) is 0. The lowest BCUT2D eigenvalue weighted by molar-refractivity contribution is 0.580. The van der Waals surface area contributed by atoms with Crippen molar-refractivity contribution < 1.29 is 0 Å². The van der Waals surface area contributed by atoms with E-state index in [1.807, 2.05) is 0 Å². The van der Waals surface area contributed by atoms with Crippen LogP contribution >= 0.6 is 0 Å². The number of hydrogen-bond acceptors (Lipinski definition) is 1. The van der Waals surface area contributed by atoms with E-state index in [1.165, 1.54) is 25.7 Å². The van der Waals surface area contributed by atoms with Crippen LogP contribution in [0.1, 0.15) is 38.5 Å². The van der Waals surface area contributed by atoms with Gasteiger partial charge in [-0.2, -0.15) is 0 Å². The Morgan fingerprint density at radius 1 is 1.10 bits per heavy atom. The molecule has 0 aromatic heterocycles. The highest BCUT2D eigenvalue weighted by Crippen LogP contribution is 2.19. The summed E-state index contributed by atoms with van der Waals surface area (Å²) in [5.74, 6) is 0. The molecule has 3 heteroatoms. The van der Waals surface area contributed by atoms with Crippen LogP contribution in [0.3, 0.4) is 0 Å². The molecule has 1 fully saturated rings. The van der Waals surface area contributed by atoms with E-state index in [1.54, 1.807) is 0 Å². The molecule has 0 N–H and O–H groups in total. The van der Waals surface area contributed by atoms with Crippen molar-refractivity contribution >= 4 is 0 Å². The average Bonchev–Trinajstić information content (AvgIpc) is 2.17. The van der Waals surface area contributed by atoms with Crippen molar-refractivity contribution in [3.8, 4) is 0 Å². The highest BCUT2D eigenvalue weighted by atomic mass is 15.1. The molecule has 1 aliphatic carbocycles. The lowest BCUT2D eigenvalue weighted by Crippen LogP contribution is -1.99. The molecule has 0 bridgehead atoms. The fourth-order valence-corrected chi connectivity index (χ4v) is 1.45. The average molecular weight is 139 g/mol. The van der Waals surface area contributed by atoms with Crippen molar-refractivity contribution in [1.82, 2.24) is 0 Å². The minimum absolute atomic E-state index is 0.299. The SMILES string of the molecule is [N-]=[N+]=NC1CCCCCC1. The zero-order valence-corrected chi connectivity index (χ0v) is 6.16. The summed E-state index contributed by atoms with van der Waals surface area (Å²) in [5.41, 5.74) is 8.17. The van der Waals surface area contributed by atoms with Gasteiger partial charge in [0.2, 0.25) is 0 Å². The summed E-state index contributed by atoms with van der Waals surface area (Å²) < 4.78 is 0. The Morgan fingerprint density at radius 2 is 1.70 bits per heavy atom. The molecular formula is C7H13N3. The molecule has 0 heterocycles. The molecule has 56 valence electrons. The maximum atomic E-state index is 8.17. The van der Waals surface area contributed by atoms with Crippen molar-refractivity contribution in [2.24, 2.45) is 5.11 Å². The Hall–Kier alpha value is -0.690. The van der Waals surface area contributed by atoms with Gasteiger partial charge in [0, 0.05) is 11.0 Å². The van der Waals surface area contributed by atoms with Crippen LogP contribution in [0.15, 0.2) is 5.11 Å². The quantitative estimate of drug-likeness (QED) is 0.232. The van der Waals surface area contributed by atoms with Gasteiger partial charge in [0.05, 0.1) is 0 Å². The van der Waals surface area contributed by atoms with Gasteiger partial charge in [-0.1, -0.05) is 30.8 Å². The molecule has 0 unspecified atom stereocenters. The first kappa shape index (κ1) is 7.42. The van der Waals surface area contributed by atoms with E-state index in [4.69, 9.17) is 5.53 Å². The number of hydrogen-bond donors (Lipinski definition) is 0. The van der Waals surface area contributed by atoms with Gasteiger partial charge in [-0.3, -0.25) is 0 Å². The van der Waals surface area contributed by atoms with Crippen LogP contribution in [0.25, 0.3) is 10.4 Å². The van der Waals surface area contributed by atoms with Crippen LogP contribution < -0.4 is 0 Å². The van der Waals surface area contributed by atoms with E-state index in [9.17, 15) is 0 Å². The minimum Gasteiger partial charge on any atom is -0.0906 e. The lowest BCUT2D eigenvalue weighted by atomic mass is 10.1. The molecule has 0 spiro atoms. The Bertz CT molecular complexity index is 130. The number of azide groups is 1. The van der Waals surface area contributed by atoms with Crippen molar-refractivity contribution in [2.75, 3.05) is 0 Å².